The molecule has 2 N–H and O–H groups in total. The lowest BCUT2D eigenvalue weighted by Crippen LogP contribution is -2.46. The van der Waals surface area contributed by atoms with Crippen LogP contribution in [0.15, 0.2) is 24.3 Å². The van der Waals surface area contributed by atoms with Crippen molar-refractivity contribution in [2.45, 2.75) is 44.9 Å². The van der Waals surface area contributed by atoms with Crippen molar-refractivity contribution in [2.24, 2.45) is 11.7 Å². The lowest BCUT2D eigenvalue weighted by Gasteiger charge is -2.42. The standard InChI is InChI=1S/C16H23F3N2/c1-11-4-3-9-21(12(11)2)15(10-20)13-5-7-14(8-6-13)16(17,18)19/h5-8,11-12,15H,3-4,9-10,20H2,1-2H3. The molecule has 1 heterocycles. The first kappa shape index (κ1) is 16.3. The van der Waals surface area contributed by atoms with Gasteiger partial charge in [0.15, 0.2) is 0 Å². The smallest absolute Gasteiger partial charge is 0.329 e. The van der Waals surface area contributed by atoms with Gasteiger partial charge in [-0.2, -0.15) is 13.2 Å². The average molecular weight is 300 g/mol. The van der Waals surface area contributed by atoms with Crippen LogP contribution in [0.1, 0.15) is 43.9 Å². The van der Waals surface area contributed by atoms with Gasteiger partial charge >= 0.3 is 6.18 Å². The Hall–Kier alpha value is -1.07. The van der Waals surface area contributed by atoms with Crippen LogP contribution < -0.4 is 5.73 Å². The van der Waals surface area contributed by atoms with Crippen LogP contribution in [0.4, 0.5) is 13.2 Å². The molecule has 1 aliphatic rings. The molecule has 0 bridgehead atoms. The SMILES string of the molecule is CC1CCCN(C(CN)c2ccc(C(F)(F)F)cc2)C1C. The monoisotopic (exact) mass is 300 g/mol. The van der Waals surface area contributed by atoms with Gasteiger partial charge in [-0.1, -0.05) is 19.1 Å². The van der Waals surface area contributed by atoms with Crippen molar-refractivity contribution in [3.63, 3.8) is 0 Å². The summed E-state index contributed by atoms with van der Waals surface area (Å²) in [6, 6.07) is 5.81. The lowest BCUT2D eigenvalue weighted by molar-refractivity contribution is -0.137. The van der Waals surface area contributed by atoms with E-state index in [1.807, 2.05) is 0 Å². The van der Waals surface area contributed by atoms with Gasteiger partial charge in [0.25, 0.3) is 0 Å². The molecule has 0 aliphatic carbocycles. The van der Waals surface area contributed by atoms with E-state index >= 15 is 0 Å². The van der Waals surface area contributed by atoms with E-state index in [2.05, 4.69) is 18.7 Å². The third-order valence-electron chi connectivity index (χ3n) is 4.67. The van der Waals surface area contributed by atoms with Crippen molar-refractivity contribution in [3.05, 3.63) is 35.4 Å². The first-order valence-corrected chi connectivity index (χ1v) is 7.47. The van der Waals surface area contributed by atoms with Gasteiger partial charge in [0, 0.05) is 18.6 Å². The van der Waals surface area contributed by atoms with E-state index < -0.39 is 11.7 Å². The summed E-state index contributed by atoms with van der Waals surface area (Å²) in [7, 11) is 0. The van der Waals surface area contributed by atoms with Crippen LogP contribution in [-0.2, 0) is 6.18 Å². The molecule has 2 rings (SSSR count). The molecule has 1 saturated heterocycles. The van der Waals surface area contributed by atoms with Gasteiger partial charge in [0.05, 0.1) is 5.56 Å². The maximum absolute atomic E-state index is 12.6. The fourth-order valence-corrected chi connectivity index (χ4v) is 3.16. The highest BCUT2D eigenvalue weighted by molar-refractivity contribution is 5.27. The van der Waals surface area contributed by atoms with E-state index in [0.717, 1.165) is 30.7 Å². The number of alkyl halides is 3. The van der Waals surface area contributed by atoms with E-state index in [9.17, 15) is 13.2 Å². The van der Waals surface area contributed by atoms with Crippen LogP contribution in [0, 0.1) is 5.92 Å². The molecule has 5 heteroatoms. The van der Waals surface area contributed by atoms with E-state index in [0.29, 0.717) is 18.5 Å². The minimum Gasteiger partial charge on any atom is -0.329 e. The molecule has 0 saturated carbocycles. The molecule has 118 valence electrons. The van der Waals surface area contributed by atoms with E-state index in [4.69, 9.17) is 5.73 Å². The summed E-state index contributed by atoms with van der Waals surface area (Å²) in [4.78, 5) is 2.33. The van der Waals surface area contributed by atoms with Crippen molar-refractivity contribution >= 4 is 0 Å². The summed E-state index contributed by atoms with van der Waals surface area (Å²) in [5.41, 5.74) is 6.16. The summed E-state index contributed by atoms with van der Waals surface area (Å²) in [5, 5.41) is 0. The highest BCUT2D eigenvalue weighted by atomic mass is 19.4. The maximum atomic E-state index is 12.6. The Morgan fingerprint density at radius 2 is 1.86 bits per heavy atom. The average Bonchev–Trinajstić information content (AvgIpc) is 2.44. The molecule has 3 unspecified atom stereocenters. The van der Waals surface area contributed by atoms with Crippen molar-refractivity contribution < 1.29 is 13.2 Å². The number of hydrogen-bond acceptors (Lipinski definition) is 2. The van der Waals surface area contributed by atoms with Crippen molar-refractivity contribution in [3.8, 4) is 0 Å². The molecule has 0 amide bonds. The molecule has 1 aromatic carbocycles. The number of benzene rings is 1. The molecular weight excluding hydrogens is 277 g/mol. The number of hydrogen-bond donors (Lipinski definition) is 1. The molecule has 2 nitrogen and oxygen atoms in total. The van der Waals surface area contributed by atoms with Crippen LogP contribution in [0.25, 0.3) is 0 Å². The highest BCUT2D eigenvalue weighted by Crippen LogP contribution is 2.33. The predicted octanol–water partition coefficient (Wildman–Crippen LogP) is 3.83. The molecule has 21 heavy (non-hydrogen) atoms. The van der Waals surface area contributed by atoms with Gasteiger partial charge in [-0.3, -0.25) is 4.90 Å². The zero-order valence-corrected chi connectivity index (χ0v) is 12.5. The first-order chi connectivity index (χ1) is 9.84. The Kier molecular flexibility index (Phi) is 4.94. The molecular formula is C16H23F3N2. The number of nitrogens with two attached hydrogens (primary N) is 1. The molecule has 3 atom stereocenters. The summed E-state index contributed by atoms with van der Waals surface area (Å²) >= 11 is 0. The summed E-state index contributed by atoms with van der Waals surface area (Å²) in [5.74, 6) is 0.585. The lowest BCUT2D eigenvalue weighted by atomic mass is 9.89. The molecule has 1 aromatic rings. The number of likely N-dealkylation sites (tertiary alicyclic amines) is 1. The van der Waals surface area contributed by atoms with Crippen molar-refractivity contribution in [1.82, 2.24) is 4.90 Å². The van der Waals surface area contributed by atoms with Crippen LogP contribution in [0.2, 0.25) is 0 Å². The number of nitrogens with zero attached hydrogens (tertiary/aromatic N) is 1. The van der Waals surface area contributed by atoms with Crippen molar-refractivity contribution in [1.29, 1.82) is 0 Å². The van der Waals surface area contributed by atoms with Gasteiger partial charge in [-0.05, 0) is 49.9 Å². The van der Waals surface area contributed by atoms with E-state index in [1.165, 1.54) is 6.42 Å². The Labute approximate surface area is 124 Å². The maximum Gasteiger partial charge on any atom is 0.416 e. The first-order valence-electron chi connectivity index (χ1n) is 7.47. The van der Waals surface area contributed by atoms with Gasteiger partial charge in [-0.15, -0.1) is 0 Å². The molecule has 1 fully saturated rings. The van der Waals surface area contributed by atoms with Gasteiger partial charge in [-0.25, -0.2) is 0 Å². The Morgan fingerprint density at radius 3 is 2.38 bits per heavy atom. The molecule has 1 aliphatic heterocycles. The second-order valence-electron chi connectivity index (χ2n) is 5.97. The van der Waals surface area contributed by atoms with Gasteiger partial charge < -0.3 is 5.73 Å². The molecule has 0 radical (unpaired) electrons. The fourth-order valence-electron chi connectivity index (χ4n) is 3.16. The molecule has 0 aromatic heterocycles. The quantitative estimate of drug-likeness (QED) is 0.919. The largest absolute Gasteiger partial charge is 0.416 e. The number of piperidine rings is 1. The minimum atomic E-state index is -4.29. The van der Waals surface area contributed by atoms with Crippen LogP contribution in [0.5, 0.6) is 0 Å². The minimum absolute atomic E-state index is 0.00923. The zero-order valence-electron chi connectivity index (χ0n) is 12.5. The second-order valence-corrected chi connectivity index (χ2v) is 5.97. The Balaban J connectivity index is 2.21. The topological polar surface area (TPSA) is 29.3 Å². The Morgan fingerprint density at radius 1 is 1.24 bits per heavy atom. The Bertz CT molecular complexity index is 456. The normalized spacial score (nSPS) is 25.8. The predicted molar refractivity (Wildman–Crippen MR) is 77.8 cm³/mol. The third kappa shape index (κ3) is 3.58. The highest BCUT2D eigenvalue weighted by Gasteiger charge is 2.32. The number of rotatable bonds is 3. The summed E-state index contributed by atoms with van der Waals surface area (Å²) < 4.78 is 37.9. The third-order valence-corrected chi connectivity index (χ3v) is 4.67. The number of halogens is 3. The second kappa shape index (κ2) is 6.36. The van der Waals surface area contributed by atoms with Crippen LogP contribution in [-0.4, -0.2) is 24.0 Å². The summed E-state index contributed by atoms with van der Waals surface area (Å²) in [6.45, 7) is 5.77. The van der Waals surface area contributed by atoms with Gasteiger partial charge in [0.2, 0.25) is 0 Å². The van der Waals surface area contributed by atoms with Crippen LogP contribution >= 0.6 is 0 Å². The fraction of sp³-hybridized carbons (Fsp3) is 0.625. The van der Waals surface area contributed by atoms with E-state index in [1.54, 1.807) is 12.1 Å². The van der Waals surface area contributed by atoms with Crippen LogP contribution in [0.3, 0.4) is 0 Å². The van der Waals surface area contributed by atoms with Crippen molar-refractivity contribution in [2.75, 3.05) is 13.1 Å². The zero-order chi connectivity index (χ0) is 15.6. The van der Waals surface area contributed by atoms with Gasteiger partial charge in [0.1, 0.15) is 0 Å². The molecule has 0 spiro atoms. The summed E-state index contributed by atoms with van der Waals surface area (Å²) in [6.07, 6.45) is -1.98. The van der Waals surface area contributed by atoms with E-state index in [-0.39, 0.29) is 6.04 Å².